The van der Waals surface area contributed by atoms with Gasteiger partial charge in [0.1, 0.15) is 18.0 Å². The molecule has 0 saturated carbocycles. The standard InChI is InChI=1S/C15H11ClFNO4/c16-10-6-7-11(17)13(12(10)14(19)20)18-15(21)22-8-9-4-2-1-3-5-9/h1-7H,8H2,(H,18,21)(H,19,20). The number of halogens is 2. The Labute approximate surface area is 130 Å². The second-order valence-corrected chi connectivity index (χ2v) is 4.68. The zero-order chi connectivity index (χ0) is 16.1. The number of carboxylic acids is 1. The number of ether oxygens (including phenoxy) is 1. The molecule has 2 rings (SSSR count). The third kappa shape index (κ3) is 3.73. The van der Waals surface area contributed by atoms with Crippen molar-refractivity contribution in [2.24, 2.45) is 0 Å². The van der Waals surface area contributed by atoms with Crippen molar-refractivity contribution in [3.05, 3.63) is 64.4 Å². The van der Waals surface area contributed by atoms with Crippen molar-refractivity contribution in [1.29, 1.82) is 0 Å². The van der Waals surface area contributed by atoms with Crippen molar-refractivity contribution in [2.45, 2.75) is 6.61 Å². The molecule has 0 aliphatic heterocycles. The molecule has 22 heavy (non-hydrogen) atoms. The number of rotatable bonds is 4. The predicted octanol–water partition coefficient (Wildman–Crippen LogP) is 3.93. The van der Waals surface area contributed by atoms with Crippen LogP contribution in [0.1, 0.15) is 15.9 Å². The van der Waals surface area contributed by atoms with Crippen molar-refractivity contribution < 1.29 is 23.8 Å². The summed E-state index contributed by atoms with van der Waals surface area (Å²) in [7, 11) is 0. The zero-order valence-corrected chi connectivity index (χ0v) is 11.9. The highest BCUT2D eigenvalue weighted by molar-refractivity contribution is 6.34. The van der Waals surface area contributed by atoms with E-state index >= 15 is 0 Å². The van der Waals surface area contributed by atoms with Crippen LogP contribution in [0.15, 0.2) is 42.5 Å². The summed E-state index contributed by atoms with van der Waals surface area (Å²) in [6, 6.07) is 10.9. The van der Waals surface area contributed by atoms with Gasteiger partial charge in [0.05, 0.1) is 10.7 Å². The topological polar surface area (TPSA) is 75.6 Å². The molecule has 0 atom stereocenters. The van der Waals surface area contributed by atoms with Gasteiger partial charge in [-0.3, -0.25) is 5.32 Å². The summed E-state index contributed by atoms with van der Waals surface area (Å²) in [5.74, 6) is -2.37. The third-order valence-corrected chi connectivity index (χ3v) is 3.07. The number of carbonyl (C=O) groups is 2. The minimum absolute atomic E-state index is 0.0305. The Kier molecular flexibility index (Phi) is 4.95. The molecular formula is C15H11ClFNO4. The highest BCUT2D eigenvalue weighted by Crippen LogP contribution is 2.27. The molecule has 0 aromatic heterocycles. The smallest absolute Gasteiger partial charge is 0.412 e. The van der Waals surface area contributed by atoms with Crippen LogP contribution in [0.3, 0.4) is 0 Å². The molecule has 2 N–H and O–H groups in total. The first-order valence-electron chi connectivity index (χ1n) is 6.18. The van der Waals surface area contributed by atoms with Crippen LogP contribution < -0.4 is 5.32 Å². The fourth-order valence-corrected chi connectivity index (χ4v) is 1.98. The maximum absolute atomic E-state index is 13.7. The lowest BCUT2D eigenvalue weighted by Gasteiger charge is -2.11. The van der Waals surface area contributed by atoms with Crippen molar-refractivity contribution in [3.8, 4) is 0 Å². The lowest BCUT2D eigenvalue weighted by molar-refractivity contribution is 0.0697. The average Bonchev–Trinajstić information content (AvgIpc) is 2.49. The summed E-state index contributed by atoms with van der Waals surface area (Å²) in [4.78, 5) is 22.8. The first-order valence-corrected chi connectivity index (χ1v) is 6.56. The molecule has 114 valence electrons. The first kappa shape index (κ1) is 15.8. The normalized spacial score (nSPS) is 10.1. The quantitative estimate of drug-likeness (QED) is 0.894. The highest BCUT2D eigenvalue weighted by atomic mass is 35.5. The lowest BCUT2D eigenvalue weighted by Crippen LogP contribution is -2.17. The molecule has 0 heterocycles. The van der Waals surface area contributed by atoms with Crippen LogP contribution in [0.5, 0.6) is 0 Å². The maximum Gasteiger partial charge on any atom is 0.412 e. The molecule has 5 nitrogen and oxygen atoms in total. The highest BCUT2D eigenvalue weighted by Gasteiger charge is 2.21. The number of aromatic carboxylic acids is 1. The molecule has 0 aliphatic rings. The number of anilines is 1. The molecule has 0 saturated heterocycles. The molecule has 1 amide bonds. The SMILES string of the molecule is O=C(Nc1c(F)ccc(Cl)c1C(=O)O)OCc1ccccc1. The summed E-state index contributed by atoms with van der Waals surface area (Å²) < 4.78 is 18.6. The van der Waals surface area contributed by atoms with E-state index in [0.717, 1.165) is 17.7 Å². The molecule has 0 fully saturated rings. The largest absolute Gasteiger partial charge is 0.478 e. The molecule has 0 aliphatic carbocycles. The van der Waals surface area contributed by atoms with E-state index in [1.807, 2.05) is 6.07 Å². The van der Waals surface area contributed by atoms with Gasteiger partial charge in [-0.1, -0.05) is 41.9 Å². The van der Waals surface area contributed by atoms with Crippen molar-refractivity contribution >= 4 is 29.4 Å². The summed E-state index contributed by atoms with van der Waals surface area (Å²) in [6.07, 6.45) is -0.979. The van der Waals surface area contributed by atoms with Crippen LogP contribution in [0.2, 0.25) is 5.02 Å². The fourth-order valence-electron chi connectivity index (χ4n) is 1.74. The Morgan fingerprint density at radius 3 is 2.50 bits per heavy atom. The van der Waals surface area contributed by atoms with Gasteiger partial charge in [-0.2, -0.15) is 0 Å². The molecule has 0 unspecified atom stereocenters. The van der Waals surface area contributed by atoms with Gasteiger partial charge in [0.25, 0.3) is 0 Å². The summed E-state index contributed by atoms with van der Waals surface area (Å²) >= 11 is 5.71. The Morgan fingerprint density at radius 2 is 1.86 bits per heavy atom. The number of hydrogen-bond donors (Lipinski definition) is 2. The second-order valence-electron chi connectivity index (χ2n) is 4.27. The third-order valence-electron chi connectivity index (χ3n) is 2.76. The molecule has 0 bridgehead atoms. The number of nitrogens with one attached hydrogen (secondary N) is 1. The van der Waals surface area contributed by atoms with Crippen LogP contribution in [0, 0.1) is 5.82 Å². The van der Waals surface area contributed by atoms with E-state index in [0.29, 0.717) is 0 Å². The summed E-state index contributed by atoms with van der Waals surface area (Å²) in [6.45, 7) is -0.0305. The van der Waals surface area contributed by atoms with E-state index in [1.165, 1.54) is 0 Å². The molecule has 2 aromatic rings. The Bertz CT molecular complexity index is 706. The Morgan fingerprint density at radius 1 is 1.18 bits per heavy atom. The van der Waals surface area contributed by atoms with E-state index in [1.54, 1.807) is 24.3 Å². The maximum atomic E-state index is 13.7. The van der Waals surface area contributed by atoms with E-state index in [-0.39, 0.29) is 11.6 Å². The van der Waals surface area contributed by atoms with Gasteiger partial charge in [0.15, 0.2) is 0 Å². The van der Waals surface area contributed by atoms with Gasteiger partial charge >= 0.3 is 12.1 Å². The minimum atomic E-state index is -1.46. The molecule has 0 spiro atoms. The van der Waals surface area contributed by atoms with Gasteiger partial charge in [0.2, 0.25) is 0 Å². The van der Waals surface area contributed by atoms with Gasteiger partial charge in [-0.05, 0) is 17.7 Å². The van der Waals surface area contributed by atoms with E-state index in [2.05, 4.69) is 5.32 Å². The molecular weight excluding hydrogens is 313 g/mol. The monoisotopic (exact) mass is 323 g/mol. The first-order chi connectivity index (χ1) is 10.5. The lowest BCUT2D eigenvalue weighted by atomic mass is 10.1. The fraction of sp³-hybridized carbons (Fsp3) is 0.0667. The van der Waals surface area contributed by atoms with E-state index in [4.69, 9.17) is 21.4 Å². The van der Waals surface area contributed by atoms with Crippen molar-refractivity contribution in [1.82, 2.24) is 0 Å². The number of hydrogen-bond acceptors (Lipinski definition) is 3. The van der Waals surface area contributed by atoms with Crippen LogP contribution in [-0.4, -0.2) is 17.2 Å². The Balaban J connectivity index is 2.12. The van der Waals surface area contributed by atoms with Gasteiger partial charge in [-0.15, -0.1) is 0 Å². The van der Waals surface area contributed by atoms with Gasteiger partial charge < -0.3 is 9.84 Å². The minimum Gasteiger partial charge on any atom is -0.478 e. The van der Waals surface area contributed by atoms with E-state index < -0.39 is 29.1 Å². The number of amides is 1. The van der Waals surface area contributed by atoms with Crippen LogP contribution >= 0.6 is 11.6 Å². The van der Waals surface area contributed by atoms with Crippen molar-refractivity contribution in [3.63, 3.8) is 0 Å². The number of benzene rings is 2. The zero-order valence-electron chi connectivity index (χ0n) is 11.2. The number of carbonyl (C=O) groups excluding carboxylic acids is 1. The number of carboxylic acid groups (broad SMARTS) is 1. The van der Waals surface area contributed by atoms with Crippen molar-refractivity contribution in [2.75, 3.05) is 5.32 Å². The van der Waals surface area contributed by atoms with Crippen LogP contribution in [0.4, 0.5) is 14.9 Å². The van der Waals surface area contributed by atoms with Gasteiger partial charge in [0, 0.05) is 0 Å². The van der Waals surface area contributed by atoms with Crippen LogP contribution in [0.25, 0.3) is 0 Å². The molecule has 0 radical (unpaired) electrons. The van der Waals surface area contributed by atoms with E-state index in [9.17, 15) is 14.0 Å². The predicted molar refractivity (Wildman–Crippen MR) is 78.6 cm³/mol. The van der Waals surface area contributed by atoms with Gasteiger partial charge in [-0.25, -0.2) is 14.0 Å². The Hall–Kier alpha value is -2.60. The summed E-state index contributed by atoms with van der Waals surface area (Å²) in [5.41, 5.74) is -0.320. The average molecular weight is 324 g/mol. The van der Waals surface area contributed by atoms with Crippen LogP contribution in [-0.2, 0) is 11.3 Å². The summed E-state index contributed by atoms with van der Waals surface area (Å²) in [5, 5.41) is 10.9. The second kappa shape index (κ2) is 6.91. The molecule has 7 heteroatoms. The molecule has 2 aromatic carbocycles.